The molecule has 0 amide bonds. The number of hydrogen-bond acceptors (Lipinski definition) is 3. The molecule has 92 valence electrons. The van der Waals surface area contributed by atoms with Crippen molar-refractivity contribution in [3.05, 3.63) is 0 Å². The Balaban J connectivity index is 3.45. The number of rotatable bonds is 9. The van der Waals surface area contributed by atoms with E-state index in [1.54, 1.807) is 0 Å². The van der Waals surface area contributed by atoms with Gasteiger partial charge >= 0.3 is 0 Å². The van der Waals surface area contributed by atoms with Crippen LogP contribution in [-0.4, -0.2) is 20.4 Å². The quantitative estimate of drug-likeness (QED) is 0.353. The van der Waals surface area contributed by atoms with Crippen LogP contribution in [0.2, 0.25) is 0 Å². The molecule has 0 aliphatic rings. The van der Waals surface area contributed by atoms with E-state index >= 15 is 0 Å². The minimum atomic E-state index is 0.475. The first-order chi connectivity index (χ1) is 7.02. The van der Waals surface area contributed by atoms with Gasteiger partial charge in [-0.05, 0) is 31.2 Å². The minimum absolute atomic E-state index is 0.475. The summed E-state index contributed by atoms with van der Waals surface area (Å²) in [6, 6.07) is 0. The Bertz CT molecular complexity index is 149. The molecule has 1 unspecified atom stereocenters. The van der Waals surface area contributed by atoms with Gasteiger partial charge in [-0.1, -0.05) is 34.1 Å². The van der Waals surface area contributed by atoms with Gasteiger partial charge in [0, 0.05) is 6.61 Å². The number of hydrazine groups is 1. The Hall–Kier alpha value is -0.120. The summed E-state index contributed by atoms with van der Waals surface area (Å²) in [4.78, 5) is 0. The highest BCUT2D eigenvalue weighted by Crippen LogP contribution is 2.29. The summed E-state index contributed by atoms with van der Waals surface area (Å²) in [6.07, 6.45) is 3.68. The Labute approximate surface area is 94.9 Å². The van der Waals surface area contributed by atoms with Crippen LogP contribution in [0.25, 0.3) is 0 Å². The zero-order chi connectivity index (χ0) is 11.7. The van der Waals surface area contributed by atoms with Crippen molar-refractivity contribution in [2.75, 3.05) is 20.4 Å². The van der Waals surface area contributed by atoms with E-state index in [-0.39, 0.29) is 0 Å². The molecular formula is C12H28N2O. The van der Waals surface area contributed by atoms with Crippen molar-refractivity contribution in [3.8, 4) is 0 Å². The maximum absolute atomic E-state index is 5.42. The summed E-state index contributed by atoms with van der Waals surface area (Å²) >= 11 is 0. The Morgan fingerprint density at radius 2 is 2.00 bits per heavy atom. The lowest BCUT2D eigenvalue weighted by molar-refractivity contribution is 0.0924. The van der Waals surface area contributed by atoms with Crippen LogP contribution >= 0.6 is 0 Å². The maximum Gasteiger partial charge on any atom is 0.109 e. The molecule has 0 rings (SSSR count). The zero-order valence-corrected chi connectivity index (χ0v) is 11.0. The van der Waals surface area contributed by atoms with E-state index in [0.717, 1.165) is 18.9 Å². The predicted octanol–water partition coefficient (Wildman–Crippen LogP) is 2.54. The zero-order valence-electron chi connectivity index (χ0n) is 11.0. The number of nitrogens with one attached hydrogen (secondary N) is 2. The average molecular weight is 216 g/mol. The normalized spacial score (nSPS) is 14.2. The van der Waals surface area contributed by atoms with Crippen molar-refractivity contribution < 1.29 is 4.74 Å². The van der Waals surface area contributed by atoms with E-state index in [9.17, 15) is 0 Å². The lowest BCUT2D eigenvalue weighted by atomic mass is 9.80. The molecule has 15 heavy (non-hydrogen) atoms. The highest BCUT2D eigenvalue weighted by molar-refractivity contribution is 4.69. The van der Waals surface area contributed by atoms with Crippen molar-refractivity contribution in [1.29, 1.82) is 0 Å². The molecule has 0 heterocycles. The second kappa shape index (κ2) is 8.08. The summed E-state index contributed by atoms with van der Waals surface area (Å²) < 4.78 is 5.42. The molecule has 2 N–H and O–H groups in total. The second-order valence-corrected chi connectivity index (χ2v) is 5.10. The van der Waals surface area contributed by atoms with E-state index < -0.39 is 0 Å². The van der Waals surface area contributed by atoms with Crippen LogP contribution in [0.4, 0.5) is 0 Å². The molecule has 0 saturated heterocycles. The van der Waals surface area contributed by atoms with Gasteiger partial charge in [-0.3, -0.25) is 5.43 Å². The monoisotopic (exact) mass is 216 g/mol. The summed E-state index contributed by atoms with van der Waals surface area (Å²) in [7, 11) is 1.84. The molecule has 0 fully saturated rings. The van der Waals surface area contributed by atoms with Crippen LogP contribution in [-0.2, 0) is 4.74 Å². The Kier molecular flexibility index (Phi) is 8.02. The van der Waals surface area contributed by atoms with E-state index in [1.807, 2.05) is 7.05 Å². The van der Waals surface area contributed by atoms with Gasteiger partial charge in [0.25, 0.3) is 0 Å². The van der Waals surface area contributed by atoms with Gasteiger partial charge in [0.2, 0.25) is 0 Å². The van der Waals surface area contributed by atoms with Gasteiger partial charge in [0.15, 0.2) is 0 Å². The lowest BCUT2D eigenvalue weighted by Gasteiger charge is -2.26. The summed E-state index contributed by atoms with van der Waals surface area (Å²) in [5, 5.41) is 0. The first-order valence-electron chi connectivity index (χ1n) is 5.99. The molecule has 0 aromatic rings. The molecule has 3 nitrogen and oxygen atoms in total. The second-order valence-electron chi connectivity index (χ2n) is 5.10. The molecule has 0 aliphatic heterocycles. The minimum Gasteiger partial charge on any atom is -0.365 e. The van der Waals surface area contributed by atoms with Crippen molar-refractivity contribution in [1.82, 2.24) is 10.9 Å². The molecule has 0 radical (unpaired) electrons. The van der Waals surface area contributed by atoms with Gasteiger partial charge in [-0.25, -0.2) is 5.43 Å². The highest BCUT2D eigenvalue weighted by atomic mass is 16.5. The van der Waals surface area contributed by atoms with Crippen LogP contribution in [0, 0.1) is 11.3 Å². The van der Waals surface area contributed by atoms with Crippen LogP contribution in [0.5, 0.6) is 0 Å². The molecule has 0 bridgehead atoms. The van der Waals surface area contributed by atoms with Gasteiger partial charge < -0.3 is 4.74 Å². The van der Waals surface area contributed by atoms with Crippen molar-refractivity contribution in [2.45, 2.75) is 47.0 Å². The Morgan fingerprint density at radius 3 is 2.53 bits per heavy atom. The molecule has 1 atom stereocenters. The maximum atomic E-state index is 5.42. The smallest absolute Gasteiger partial charge is 0.109 e. The molecule has 0 aromatic heterocycles. The van der Waals surface area contributed by atoms with Crippen LogP contribution < -0.4 is 10.9 Å². The third-order valence-electron chi connectivity index (χ3n) is 2.96. The lowest BCUT2D eigenvalue weighted by Crippen LogP contribution is -2.30. The van der Waals surface area contributed by atoms with Crippen LogP contribution in [0.3, 0.4) is 0 Å². The molecule has 0 aromatic carbocycles. The van der Waals surface area contributed by atoms with Crippen molar-refractivity contribution >= 4 is 0 Å². The molecule has 0 aliphatic carbocycles. The first kappa shape index (κ1) is 14.9. The van der Waals surface area contributed by atoms with E-state index in [2.05, 4.69) is 38.5 Å². The van der Waals surface area contributed by atoms with Gasteiger partial charge in [-0.2, -0.15) is 0 Å². The highest BCUT2D eigenvalue weighted by Gasteiger charge is 2.18. The summed E-state index contributed by atoms with van der Waals surface area (Å²) in [6.45, 7) is 10.7. The predicted molar refractivity (Wildman–Crippen MR) is 65.5 cm³/mol. The number of hydrogen-bond donors (Lipinski definition) is 2. The van der Waals surface area contributed by atoms with Crippen molar-refractivity contribution in [2.24, 2.45) is 11.3 Å². The van der Waals surface area contributed by atoms with Gasteiger partial charge in [0.05, 0.1) is 0 Å². The molecular weight excluding hydrogens is 188 g/mol. The van der Waals surface area contributed by atoms with E-state index in [0.29, 0.717) is 12.1 Å². The summed E-state index contributed by atoms with van der Waals surface area (Å²) in [5.41, 5.74) is 6.21. The average Bonchev–Trinajstić information content (AvgIpc) is 2.17. The fourth-order valence-electron chi connectivity index (χ4n) is 1.67. The van der Waals surface area contributed by atoms with E-state index in [4.69, 9.17) is 4.74 Å². The standard InChI is InChI=1S/C12H28N2O/c1-6-12(3,4)9-11(2)7-8-15-10-14-13-5/h11,13-14H,6-10H2,1-5H3. The van der Waals surface area contributed by atoms with E-state index in [1.165, 1.54) is 12.8 Å². The molecule has 3 heteroatoms. The first-order valence-corrected chi connectivity index (χ1v) is 5.99. The fraction of sp³-hybridized carbons (Fsp3) is 1.00. The topological polar surface area (TPSA) is 33.3 Å². The number of ether oxygens (including phenoxy) is 1. The van der Waals surface area contributed by atoms with Crippen LogP contribution in [0.15, 0.2) is 0 Å². The third kappa shape index (κ3) is 8.85. The fourth-order valence-corrected chi connectivity index (χ4v) is 1.67. The molecule has 0 saturated carbocycles. The largest absolute Gasteiger partial charge is 0.365 e. The van der Waals surface area contributed by atoms with Gasteiger partial charge in [-0.15, -0.1) is 0 Å². The SMILES string of the molecule is CCC(C)(C)CC(C)CCOCNNC. The van der Waals surface area contributed by atoms with Crippen molar-refractivity contribution in [3.63, 3.8) is 0 Å². The molecule has 0 spiro atoms. The van der Waals surface area contributed by atoms with Crippen LogP contribution in [0.1, 0.15) is 47.0 Å². The van der Waals surface area contributed by atoms with Gasteiger partial charge in [0.1, 0.15) is 6.73 Å². The Morgan fingerprint density at radius 1 is 1.33 bits per heavy atom. The third-order valence-corrected chi connectivity index (χ3v) is 2.96. The summed E-state index contributed by atoms with van der Waals surface area (Å²) in [5.74, 6) is 0.745.